The molecular weight excluding hydrogens is 316 g/mol. The molecule has 25 heavy (non-hydrogen) atoms. The highest BCUT2D eigenvalue weighted by Gasteiger charge is 2.53. The van der Waals surface area contributed by atoms with E-state index in [2.05, 4.69) is 6.07 Å². The molecule has 2 aliphatic heterocycles. The van der Waals surface area contributed by atoms with Gasteiger partial charge in [0.15, 0.2) is 0 Å². The molecule has 1 aliphatic carbocycles. The molecule has 1 spiro atoms. The van der Waals surface area contributed by atoms with Gasteiger partial charge in [0.05, 0.1) is 23.1 Å². The molecule has 1 aromatic heterocycles. The van der Waals surface area contributed by atoms with Gasteiger partial charge in [-0.2, -0.15) is 0 Å². The number of hydrogen-bond donors (Lipinski definition) is 0. The molecule has 0 N–H and O–H groups in total. The quantitative estimate of drug-likeness (QED) is 0.846. The van der Waals surface area contributed by atoms with Gasteiger partial charge in [-0.25, -0.2) is 0 Å². The normalized spacial score (nSPS) is 21.7. The van der Waals surface area contributed by atoms with Gasteiger partial charge in [-0.1, -0.05) is 18.2 Å². The maximum atomic E-state index is 13.4. The average Bonchev–Trinajstić information content (AvgIpc) is 3.32. The average molecular weight is 336 g/mol. The zero-order valence-corrected chi connectivity index (χ0v) is 14.0. The summed E-state index contributed by atoms with van der Waals surface area (Å²) >= 11 is 0. The minimum Gasteiger partial charge on any atom is -0.470 e. The first-order valence-corrected chi connectivity index (χ1v) is 8.96. The number of piperidine rings is 1. The molecule has 1 saturated heterocycles. The van der Waals surface area contributed by atoms with Gasteiger partial charge in [-0.05, 0) is 37.3 Å². The highest BCUT2D eigenvalue weighted by Crippen LogP contribution is 2.50. The number of furan rings is 1. The molecule has 0 radical (unpaired) electrons. The third-order valence-corrected chi connectivity index (χ3v) is 5.89. The van der Waals surface area contributed by atoms with Crippen molar-refractivity contribution in [3.05, 3.63) is 48.4 Å². The van der Waals surface area contributed by atoms with Gasteiger partial charge >= 0.3 is 0 Å². The maximum absolute atomic E-state index is 13.4. The van der Waals surface area contributed by atoms with Crippen molar-refractivity contribution in [1.29, 1.82) is 0 Å². The van der Waals surface area contributed by atoms with Crippen LogP contribution >= 0.6 is 0 Å². The molecule has 5 heteroatoms. The zero-order chi connectivity index (χ0) is 17.0. The molecule has 0 atom stereocenters. The minimum atomic E-state index is -0.520. The lowest BCUT2D eigenvalue weighted by atomic mass is 9.73. The molecule has 2 amide bonds. The van der Waals surface area contributed by atoms with Crippen LogP contribution in [0.15, 0.2) is 47.3 Å². The van der Waals surface area contributed by atoms with Gasteiger partial charge in [0, 0.05) is 25.1 Å². The predicted octanol–water partition coefficient (Wildman–Crippen LogP) is 3.23. The van der Waals surface area contributed by atoms with E-state index in [0.29, 0.717) is 25.9 Å². The first kappa shape index (κ1) is 14.8. The third kappa shape index (κ3) is 2.08. The monoisotopic (exact) mass is 336 g/mol. The molecule has 0 unspecified atom stereocenters. The number of carbonyl (C=O) groups excluding carboxylic acids is 2. The number of anilines is 2. The molecule has 5 rings (SSSR count). The number of carbonyl (C=O) groups is 2. The lowest BCUT2D eigenvalue weighted by molar-refractivity contribution is -0.136. The van der Waals surface area contributed by atoms with Crippen molar-refractivity contribution in [3.63, 3.8) is 0 Å². The van der Waals surface area contributed by atoms with E-state index in [1.807, 2.05) is 29.2 Å². The molecule has 3 aliphatic rings. The van der Waals surface area contributed by atoms with E-state index in [1.54, 1.807) is 17.4 Å². The van der Waals surface area contributed by atoms with Crippen molar-refractivity contribution < 1.29 is 14.0 Å². The Morgan fingerprint density at radius 2 is 1.88 bits per heavy atom. The van der Waals surface area contributed by atoms with Crippen molar-refractivity contribution >= 4 is 23.2 Å². The SMILES string of the molecule is O=C(C1CC1)N1CCC2(CC1)C(=O)N(c1ccoc1)c1ccccc12. The smallest absolute Gasteiger partial charge is 0.242 e. The van der Waals surface area contributed by atoms with Crippen LogP contribution in [0.3, 0.4) is 0 Å². The number of rotatable bonds is 2. The van der Waals surface area contributed by atoms with Crippen molar-refractivity contribution in [2.45, 2.75) is 31.1 Å². The Morgan fingerprint density at radius 3 is 2.56 bits per heavy atom. The Kier molecular flexibility index (Phi) is 3.08. The van der Waals surface area contributed by atoms with Crippen molar-refractivity contribution in [1.82, 2.24) is 4.90 Å². The summed E-state index contributed by atoms with van der Waals surface area (Å²) in [5, 5.41) is 0. The van der Waals surface area contributed by atoms with Crippen LogP contribution < -0.4 is 4.90 Å². The van der Waals surface area contributed by atoms with Crippen molar-refractivity contribution in [3.8, 4) is 0 Å². The van der Waals surface area contributed by atoms with Gasteiger partial charge in [0.2, 0.25) is 11.8 Å². The third-order valence-electron chi connectivity index (χ3n) is 5.89. The van der Waals surface area contributed by atoms with Crippen LogP contribution in [0, 0.1) is 5.92 Å². The first-order chi connectivity index (χ1) is 12.2. The van der Waals surface area contributed by atoms with Crippen LogP contribution in [-0.4, -0.2) is 29.8 Å². The Hall–Kier alpha value is -2.56. The lowest BCUT2D eigenvalue weighted by Gasteiger charge is -2.38. The first-order valence-electron chi connectivity index (χ1n) is 8.96. The van der Waals surface area contributed by atoms with Crippen LogP contribution in [-0.2, 0) is 15.0 Å². The van der Waals surface area contributed by atoms with Crippen molar-refractivity contribution in [2.75, 3.05) is 18.0 Å². The van der Waals surface area contributed by atoms with E-state index in [0.717, 1.165) is 29.8 Å². The van der Waals surface area contributed by atoms with Crippen LogP contribution in [0.25, 0.3) is 0 Å². The predicted molar refractivity (Wildman–Crippen MR) is 92.5 cm³/mol. The van der Waals surface area contributed by atoms with E-state index < -0.39 is 5.41 Å². The molecule has 0 bridgehead atoms. The highest BCUT2D eigenvalue weighted by atomic mass is 16.3. The van der Waals surface area contributed by atoms with Crippen LogP contribution in [0.2, 0.25) is 0 Å². The molecule has 128 valence electrons. The number of amides is 2. The van der Waals surface area contributed by atoms with E-state index in [-0.39, 0.29) is 17.7 Å². The summed E-state index contributed by atoms with van der Waals surface area (Å²) in [6.07, 6.45) is 6.63. The summed E-state index contributed by atoms with van der Waals surface area (Å²) < 4.78 is 5.20. The number of hydrogen-bond acceptors (Lipinski definition) is 3. The second-order valence-corrected chi connectivity index (χ2v) is 7.32. The summed E-state index contributed by atoms with van der Waals surface area (Å²) in [6, 6.07) is 9.83. The highest BCUT2D eigenvalue weighted by molar-refractivity contribution is 6.13. The summed E-state index contributed by atoms with van der Waals surface area (Å²) in [7, 11) is 0. The van der Waals surface area contributed by atoms with Crippen LogP contribution in [0.1, 0.15) is 31.2 Å². The number of para-hydroxylation sites is 1. The summed E-state index contributed by atoms with van der Waals surface area (Å²) in [6.45, 7) is 1.32. The second kappa shape index (κ2) is 5.22. The fraction of sp³-hybridized carbons (Fsp3) is 0.400. The largest absolute Gasteiger partial charge is 0.470 e. The summed E-state index contributed by atoms with van der Waals surface area (Å²) in [5.74, 6) is 0.622. The topological polar surface area (TPSA) is 53.8 Å². The van der Waals surface area contributed by atoms with Gasteiger partial charge in [-0.3, -0.25) is 14.5 Å². The van der Waals surface area contributed by atoms with E-state index in [4.69, 9.17) is 4.42 Å². The summed E-state index contributed by atoms with van der Waals surface area (Å²) in [5.41, 5.74) is 2.27. The molecular formula is C20H20N2O3. The molecule has 5 nitrogen and oxygen atoms in total. The Labute approximate surface area is 146 Å². The zero-order valence-electron chi connectivity index (χ0n) is 14.0. The number of benzene rings is 1. The van der Waals surface area contributed by atoms with Crippen LogP contribution in [0.5, 0.6) is 0 Å². The van der Waals surface area contributed by atoms with Crippen molar-refractivity contribution in [2.24, 2.45) is 5.92 Å². The fourth-order valence-corrected chi connectivity index (χ4v) is 4.33. The van der Waals surface area contributed by atoms with E-state index >= 15 is 0 Å². The fourth-order valence-electron chi connectivity index (χ4n) is 4.33. The van der Waals surface area contributed by atoms with Gasteiger partial charge in [0.25, 0.3) is 0 Å². The van der Waals surface area contributed by atoms with Gasteiger partial charge in [-0.15, -0.1) is 0 Å². The Bertz CT molecular complexity index is 830. The summed E-state index contributed by atoms with van der Waals surface area (Å²) in [4.78, 5) is 29.5. The van der Waals surface area contributed by atoms with Gasteiger partial charge < -0.3 is 9.32 Å². The van der Waals surface area contributed by atoms with Gasteiger partial charge in [0.1, 0.15) is 6.26 Å². The second-order valence-electron chi connectivity index (χ2n) is 7.32. The molecule has 2 aromatic rings. The number of likely N-dealkylation sites (tertiary alicyclic amines) is 1. The lowest BCUT2D eigenvalue weighted by Crippen LogP contribution is -2.49. The molecule has 3 heterocycles. The molecule has 1 aromatic carbocycles. The van der Waals surface area contributed by atoms with E-state index in [9.17, 15) is 9.59 Å². The minimum absolute atomic E-state index is 0.105. The standard InChI is InChI=1S/C20H20N2O3/c23-18(14-5-6-14)21-10-8-20(9-11-21)16-3-1-2-4-17(16)22(19(20)24)15-7-12-25-13-15/h1-4,7,12-14H,5-6,8-11H2. The molecule has 2 fully saturated rings. The number of fused-ring (bicyclic) bond motifs is 2. The Morgan fingerprint density at radius 1 is 1.12 bits per heavy atom. The number of nitrogens with zero attached hydrogens (tertiary/aromatic N) is 2. The maximum Gasteiger partial charge on any atom is 0.242 e. The van der Waals surface area contributed by atoms with E-state index in [1.165, 1.54) is 0 Å². The van der Waals surface area contributed by atoms with Crippen LogP contribution in [0.4, 0.5) is 11.4 Å². The molecule has 1 saturated carbocycles. The Balaban J connectivity index is 1.49.